The Morgan fingerprint density at radius 2 is 1.96 bits per heavy atom. The molecule has 1 rings (SSSR count). The van der Waals surface area contributed by atoms with E-state index in [0.717, 1.165) is 18.2 Å². The number of nitrogens with zero attached hydrogens (tertiary/aromatic N) is 3. The van der Waals surface area contributed by atoms with Crippen LogP contribution < -0.4 is 33.7 Å². The van der Waals surface area contributed by atoms with Crippen molar-refractivity contribution in [2.24, 2.45) is 0 Å². The number of phenolic OH excluding ortho intramolecular Hbond substituents is 1. The monoisotopic (exact) mass is 407 g/mol. The summed E-state index contributed by atoms with van der Waals surface area (Å²) in [4.78, 5) is 23.5. The number of phenols is 1. The van der Waals surface area contributed by atoms with E-state index in [1.54, 1.807) is 19.9 Å². The Morgan fingerprint density at radius 1 is 1.41 bits per heavy atom. The maximum absolute atomic E-state index is 12.2. The predicted octanol–water partition coefficient (Wildman–Crippen LogP) is -2.08. The minimum atomic E-state index is -5.32. The van der Waals surface area contributed by atoms with Crippen molar-refractivity contribution in [2.75, 3.05) is 13.1 Å². The van der Waals surface area contributed by atoms with Crippen LogP contribution in [0.3, 0.4) is 0 Å². The van der Waals surface area contributed by atoms with Crippen LogP contribution in [-0.4, -0.2) is 46.9 Å². The van der Waals surface area contributed by atoms with Crippen molar-refractivity contribution in [3.05, 3.63) is 33.4 Å². The summed E-state index contributed by atoms with van der Waals surface area (Å²) >= 11 is 0. The number of nitriles is 1. The molecular formula is C14H14N3NaO8S. The Balaban J connectivity index is 0.00000676. The van der Waals surface area contributed by atoms with E-state index in [0.29, 0.717) is 13.1 Å². The molecule has 0 aliphatic heterocycles. The molecule has 1 aromatic carbocycles. The molecule has 140 valence electrons. The SMILES string of the molecule is CCN(CC)C(=O)/C(C#N)=C/c1cc(OS(=O)(=O)[O-])c(O)c([N+](=O)[O-])c1.[Na+]. The van der Waals surface area contributed by atoms with Crippen LogP contribution >= 0.6 is 0 Å². The molecule has 0 heterocycles. The van der Waals surface area contributed by atoms with Crippen molar-refractivity contribution in [3.63, 3.8) is 0 Å². The molecule has 0 aromatic heterocycles. The second-order valence-corrected chi connectivity index (χ2v) is 5.77. The van der Waals surface area contributed by atoms with Crippen LogP contribution in [0.5, 0.6) is 11.5 Å². The van der Waals surface area contributed by atoms with Gasteiger partial charge >= 0.3 is 35.2 Å². The molecule has 0 unspecified atom stereocenters. The maximum Gasteiger partial charge on any atom is 1.00 e. The fourth-order valence-corrected chi connectivity index (χ4v) is 2.35. The average Bonchev–Trinajstić information content (AvgIpc) is 2.54. The average molecular weight is 407 g/mol. The van der Waals surface area contributed by atoms with E-state index < -0.39 is 38.4 Å². The molecular weight excluding hydrogens is 393 g/mol. The summed E-state index contributed by atoms with van der Waals surface area (Å²) in [5.41, 5.74) is -1.54. The van der Waals surface area contributed by atoms with Crippen molar-refractivity contribution in [1.82, 2.24) is 4.90 Å². The van der Waals surface area contributed by atoms with Gasteiger partial charge in [0.2, 0.25) is 5.75 Å². The van der Waals surface area contributed by atoms with E-state index in [4.69, 9.17) is 5.26 Å². The number of carbonyl (C=O) groups is 1. The normalized spacial score (nSPS) is 11.1. The summed E-state index contributed by atoms with van der Waals surface area (Å²) < 4.78 is 36.1. The van der Waals surface area contributed by atoms with Gasteiger partial charge in [0.05, 0.1) is 4.92 Å². The molecule has 0 atom stereocenters. The molecule has 0 fully saturated rings. The molecule has 0 aliphatic carbocycles. The number of aromatic hydroxyl groups is 1. The molecule has 0 saturated carbocycles. The molecule has 27 heavy (non-hydrogen) atoms. The van der Waals surface area contributed by atoms with E-state index >= 15 is 0 Å². The quantitative estimate of drug-likeness (QED) is 0.101. The first-order chi connectivity index (χ1) is 12.0. The van der Waals surface area contributed by atoms with Gasteiger partial charge < -0.3 is 18.7 Å². The van der Waals surface area contributed by atoms with E-state index in [1.807, 2.05) is 0 Å². The minimum Gasteiger partial charge on any atom is -0.716 e. The first-order valence-electron chi connectivity index (χ1n) is 7.11. The number of carbonyl (C=O) groups excluding carboxylic acids is 1. The van der Waals surface area contributed by atoms with Gasteiger partial charge in [0.1, 0.15) is 11.6 Å². The summed E-state index contributed by atoms with van der Waals surface area (Å²) in [6.07, 6.45) is 0.956. The molecule has 0 saturated heterocycles. The molecule has 1 aromatic rings. The Morgan fingerprint density at radius 3 is 2.37 bits per heavy atom. The zero-order chi connectivity index (χ0) is 20.1. The maximum atomic E-state index is 12.2. The van der Waals surface area contributed by atoms with Gasteiger partial charge in [0.15, 0.2) is 5.75 Å². The van der Waals surface area contributed by atoms with E-state index in [-0.39, 0.29) is 40.7 Å². The third-order valence-electron chi connectivity index (χ3n) is 3.18. The number of hydrogen-bond acceptors (Lipinski definition) is 9. The van der Waals surface area contributed by atoms with E-state index in [1.165, 1.54) is 4.90 Å². The molecule has 1 amide bonds. The molecule has 0 bridgehead atoms. The molecule has 0 aliphatic rings. The van der Waals surface area contributed by atoms with Gasteiger partial charge in [-0.15, -0.1) is 0 Å². The molecule has 11 nitrogen and oxygen atoms in total. The van der Waals surface area contributed by atoms with Gasteiger partial charge in [-0.05, 0) is 31.6 Å². The van der Waals surface area contributed by atoms with Crippen molar-refractivity contribution in [3.8, 4) is 17.6 Å². The zero-order valence-electron chi connectivity index (χ0n) is 14.7. The smallest absolute Gasteiger partial charge is 0.716 e. The topological polar surface area (TPSA) is 174 Å². The fourth-order valence-electron chi connectivity index (χ4n) is 2.00. The number of hydrogen-bond donors (Lipinski definition) is 1. The third-order valence-corrected chi connectivity index (χ3v) is 3.56. The van der Waals surface area contributed by atoms with E-state index in [9.17, 15) is 33.0 Å². The van der Waals surface area contributed by atoms with Gasteiger partial charge in [0, 0.05) is 19.2 Å². The molecule has 0 spiro atoms. The Hall–Kier alpha value is -2.17. The van der Waals surface area contributed by atoms with Crippen molar-refractivity contribution in [1.29, 1.82) is 5.26 Å². The van der Waals surface area contributed by atoms with Crippen molar-refractivity contribution in [2.45, 2.75) is 13.8 Å². The minimum absolute atomic E-state index is 0. The Kier molecular flexibility index (Phi) is 9.42. The number of nitro benzene ring substituents is 1. The molecule has 0 radical (unpaired) electrons. The van der Waals surface area contributed by atoms with Crippen LogP contribution in [-0.2, 0) is 15.2 Å². The van der Waals surface area contributed by atoms with Crippen LogP contribution in [0.25, 0.3) is 6.08 Å². The fraction of sp³-hybridized carbons (Fsp3) is 0.286. The van der Waals surface area contributed by atoms with Crippen LogP contribution in [0.1, 0.15) is 19.4 Å². The van der Waals surface area contributed by atoms with Crippen LogP contribution in [0, 0.1) is 21.4 Å². The van der Waals surface area contributed by atoms with Crippen LogP contribution in [0.15, 0.2) is 17.7 Å². The first-order valence-corrected chi connectivity index (χ1v) is 8.45. The summed E-state index contributed by atoms with van der Waals surface area (Å²) in [5.74, 6) is -2.82. The summed E-state index contributed by atoms with van der Waals surface area (Å²) in [7, 11) is -5.32. The second-order valence-electron chi connectivity index (χ2n) is 4.78. The number of amides is 1. The van der Waals surface area contributed by atoms with Crippen molar-refractivity contribution < 1.29 is 61.5 Å². The van der Waals surface area contributed by atoms with Gasteiger partial charge in [-0.25, -0.2) is 8.42 Å². The van der Waals surface area contributed by atoms with Crippen LogP contribution in [0.4, 0.5) is 5.69 Å². The van der Waals surface area contributed by atoms with Crippen molar-refractivity contribution >= 4 is 28.1 Å². The van der Waals surface area contributed by atoms with Gasteiger partial charge in [0.25, 0.3) is 16.3 Å². The van der Waals surface area contributed by atoms with E-state index in [2.05, 4.69) is 4.18 Å². The zero-order valence-corrected chi connectivity index (χ0v) is 17.5. The summed E-state index contributed by atoms with van der Waals surface area (Å²) in [6.45, 7) is 4.00. The number of nitro groups is 1. The Bertz CT molecular complexity index is 904. The number of rotatable bonds is 7. The molecule has 13 heteroatoms. The summed E-state index contributed by atoms with van der Waals surface area (Å²) in [5, 5.41) is 29.8. The van der Waals surface area contributed by atoms with Crippen LogP contribution in [0.2, 0.25) is 0 Å². The largest absolute Gasteiger partial charge is 1.00 e. The first kappa shape index (κ1) is 24.8. The standard InChI is InChI=1S/C14H15N3O8S.Na/c1-3-16(4-2)14(19)10(8-15)5-9-6-11(17(20)21)13(18)12(7-9)25-26(22,23)24;/h5-7,18H,3-4H2,1-2H3,(H,22,23,24);/q;+1/p-1/b10-5+;. The second kappa shape index (κ2) is 10.2. The molecule has 1 N–H and O–H groups in total. The number of likely N-dealkylation sites (N-methyl/N-ethyl adjacent to an activating group) is 1. The van der Waals surface area contributed by atoms with Gasteiger partial charge in [-0.3, -0.25) is 14.9 Å². The predicted molar refractivity (Wildman–Crippen MR) is 86.6 cm³/mol. The summed E-state index contributed by atoms with van der Waals surface area (Å²) in [6, 6.07) is 3.23. The number of benzene rings is 1. The third kappa shape index (κ3) is 6.81. The van der Waals surface area contributed by atoms with Gasteiger partial charge in [-0.1, -0.05) is 0 Å². The Labute approximate surface area is 177 Å². The van der Waals surface area contributed by atoms with Gasteiger partial charge in [-0.2, -0.15) is 5.26 Å².